The summed E-state index contributed by atoms with van der Waals surface area (Å²) in [6, 6.07) is 4.00. The summed E-state index contributed by atoms with van der Waals surface area (Å²) >= 11 is 1.69. The Bertz CT molecular complexity index is 369. The Morgan fingerprint density at radius 3 is 3.27 bits per heavy atom. The van der Waals surface area contributed by atoms with Crippen molar-refractivity contribution in [3.63, 3.8) is 0 Å². The van der Waals surface area contributed by atoms with E-state index in [0.717, 1.165) is 0 Å². The van der Waals surface area contributed by atoms with Gasteiger partial charge in [-0.05, 0) is 16.8 Å². The van der Waals surface area contributed by atoms with Gasteiger partial charge in [0.2, 0.25) is 5.88 Å². The van der Waals surface area contributed by atoms with E-state index in [1.54, 1.807) is 18.4 Å². The third-order valence-corrected chi connectivity index (χ3v) is 2.39. The van der Waals surface area contributed by atoms with Crippen LogP contribution in [0, 0.1) is 0 Å². The lowest BCUT2D eigenvalue weighted by Crippen LogP contribution is -1.84. The Balaban J connectivity index is 2.67. The van der Waals surface area contributed by atoms with Crippen LogP contribution >= 0.6 is 11.3 Å². The zero-order valence-electron chi connectivity index (χ0n) is 6.07. The maximum atomic E-state index is 4.99. The van der Waals surface area contributed by atoms with Crippen LogP contribution in [0.5, 0.6) is 5.88 Å². The standard InChI is InChI=1S/C8H7NOS/c1-10-8-4-6-2-3-11-7(6)5-9-8/h2-5H,1H3. The zero-order chi connectivity index (χ0) is 7.68. The van der Waals surface area contributed by atoms with E-state index in [2.05, 4.69) is 11.1 Å². The molecule has 0 atom stereocenters. The van der Waals surface area contributed by atoms with Crippen molar-refractivity contribution in [2.75, 3.05) is 7.11 Å². The molecule has 0 spiro atoms. The van der Waals surface area contributed by atoms with E-state index in [4.69, 9.17) is 4.74 Å². The van der Waals surface area contributed by atoms with E-state index >= 15 is 0 Å². The molecule has 0 radical (unpaired) electrons. The molecule has 0 saturated heterocycles. The van der Waals surface area contributed by atoms with Crippen LogP contribution in [-0.2, 0) is 0 Å². The second-order valence-corrected chi connectivity index (χ2v) is 3.13. The van der Waals surface area contributed by atoms with Crippen LogP contribution in [0.4, 0.5) is 0 Å². The highest BCUT2D eigenvalue weighted by Crippen LogP contribution is 2.22. The van der Waals surface area contributed by atoms with E-state index in [-0.39, 0.29) is 0 Å². The van der Waals surface area contributed by atoms with Crippen LogP contribution in [0.2, 0.25) is 0 Å². The summed E-state index contributed by atoms with van der Waals surface area (Å²) in [5, 5.41) is 3.24. The topological polar surface area (TPSA) is 22.1 Å². The van der Waals surface area contributed by atoms with Crippen molar-refractivity contribution in [3.8, 4) is 5.88 Å². The van der Waals surface area contributed by atoms with Gasteiger partial charge in [0.1, 0.15) is 0 Å². The number of rotatable bonds is 1. The number of nitrogens with zero attached hydrogens (tertiary/aromatic N) is 1. The van der Waals surface area contributed by atoms with Gasteiger partial charge in [0.05, 0.1) is 11.8 Å². The maximum absolute atomic E-state index is 4.99. The van der Waals surface area contributed by atoms with Gasteiger partial charge >= 0.3 is 0 Å². The Kier molecular flexibility index (Phi) is 1.51. The number of aromatic nitrogens is 1. The molecule has 0 aliphatic rings. The fourth-order valence-corrected chi connectivity index (χ4v) is 1.70. The Labute approximate surface area is 68.5 Å². The van der Waals surface area contributed by atoms with Gasteiger partial charge in [-0.3, -0.25) is 0 Å². The molecule has 0 saturated carbocycles. The van der Waals surface area contributed by atoms with Crippen LogP contribution < -0.4 is 4.74 Å². The first-order chi connectivity index (χ1) is 5.40. The summed E-state index contributed by atoms with van der Waals surface area (Å²) in [4.78, 5) is 4.09. The third-order valence-electron chi connectivity index (χ3n) is 1.52. The molecule has 2 rings (SSSR count). The van der Waals surface area contributed by atoms with Crippen LogP contribution in [0.3, 0.4) is 0 Å². The van der Waals surface area contributed by atoms with E-state index in [9.17, 15) is 0 Å². The number of thiophene rings is 1. The van der Waals surface area contributed by atoms with Crippen LogP contribution in [-0.4, -0.2) is 12.1 Å². The molecule has 2 nitrogen and oxygen atoms in total. The SMILES string of the molecule is COc1cc2ccsc2cn1. The van der Waals surface area contributed by atoms with Gasteiger partial charge in [0, 0.05) is 12.3 Å². The maximum Gasteiger partial charge on any atom is 0.213 e. The highest BCUT2D eigenvalue weighted by molar-refractivity contribution is 7.17. The minimum Gasteiger partial charge on any atom is -0.481 e. The molecule has 0 fully saturated rings. The largest absolute Gasteiger partial charge is 0.481 e. The van der Waals surface area contributed by atoms with Crippen LogP contribution in [0.1, 0.15) is 0 Å². The van der Waals surface area contributed by atoms with Gasteiger partial charge < -0.3 is 4.74 Å². The van der Waals surface area contributed by atoms with Crippen molar-refractivity contribution in [2.24, 2.45) is 0 Å². The molecule has 2 aromatic rings. The number of hydrogen-bond donors (Lipinski definition) is 0. The van der Waals surface area contributed by atoms with Gasteiger partial charge in [0.25, 0.3) is 0 Å². The summed E-state index contributed by atoms with van der Waals surface area (Å²) in [6.45, 7) is 0. The van der Waals surface area contributed by atoms with Gasteiger partial charge in [-0.2, -0.15) is 0 Å². The van der Waals surface area contributed by atoms with Gasteiger partial charge in [-0.25, -0.2) is 4.98 Å². The van der Waals surface area contributed by atoms with Crippen molar-refractivity contribution in [2.45, 2.75) is 0 Å². The molecule has 0 aliphatic carbocycles. The van der Waals surface area contributed by atoms with Gasteiger partial charge in [0.15, 0.2) is 0 Å². The first-order valence-electron chi connectivity index (χ1n) is 3.27. The molecule has 0 amide bonds. The quantitative estimate of drug-likeness (QED) is 0.646. The summed E-state index contributed by atoms with van der Waals surface area (Å²) < 4.78 is 6.18. The predicted octanol–water partition coefficient (Wildman–Crippen LogP) is 2.30. The molecule has 0 aromatic carbocycles. The molecule has 0 unspecified atom stereocenters. The molecule has 3 heteroatoms. The molecule has 2 heterocycles. The minimum atomic E-state index is 0.677. The first-order valence-corrected chi connectivity index (χ1v) is 4.15. The zero-order valence-corrected chi connectivity index (χ0v) is 6.89. The average molecular weight is 165 g/mol. The van der Waals surface area contributed by atoms with Crippen molar-refractivity contribution >= 4 is 21.4 Å². The smallest absolute Gasteiger partial charge is 0.213 e. The number of hydrogen-bond acceptors (Lipinski definition) is 3. The van der Waals surface area contributed by atoms with Crippen LogP contribution in [0.15, 0.2) is 23.7 Å². The predicted molar refractivity (Wildman–Crippen MR) is 46.2 cm³/mol. The Hall–Kier alpha value is -1.09. The molecule has 56 valence electrons. The molecule has 2 aromatic heterocycles. The molecular formula is C8H7NOS. The molecule has 0 bridgehead atoms. The summed E-state index contributed by atoms with van der Waals surface area (Å²) in [6.07, 6.45) is 1.83. The van der Waals surface area contributed by atoms with Crippen LogP contribution in [0.25, 0.3) is 10.1 Å². The van der Waals surface area contributed by atoms with Crippen molar-refractivity contribution in [1.82, 2.24) is 4.98 Å². The lowest BCUT2D eigenvalue weighted by molar-refractivity contribution is 0.399. The Morgan fingerprint density at radius 2 is 2.45 bits per heavy atom. The molecule has 11 heavy (non-hydrogen) atoms. The monoisotopic (exact) mass is 165 g/mol. The summed E-state index contributed by atoms with van der Waals surface area (Å²) in [5.41, 5.74) is 0. The van der Waals surface area contributed by atoms with Gasteiger partial charge in [-0.15, -0.1) is 11.3 Å². The first kappa shape index (κ1) is 6.61. The third kappa shape index (κ3) is 1.07. The van der Waals surface area contributed by atoms with Gasteiger partial charge in [-0.1, -0.05) is 0 Å². The normalized spacial score (nSPS) is 10.3. The molecule has 0 N–H and O–H groups in total. The Morgan fingerprint density at radius 1 is 1.55 bits per heavy atom. The average Bonchev–Trinajstić information content (AvgIpc) is 2.50. The molecule has 0 aliphatic heterocycles. The number of fused-ring (bicyclic) bond motifs is 1. The van der Waals surface area contributed by atoms with E-state index in [1.165, 1.54) is 10.1 Å². The number of ether oxygens (including phenoxy) is 1. The fraction of sp³-hybridized carbons (Fsp3) is 0.125. The molecular weight excluding hydrogens is 158 g/mol. The number of methoxy groups -OCH3 is 1. The summed E-state index contributed by atoms with van der Waals surface area (Å²) in [7, 11) is 1.63. The highest BCUT2D eigenvalue weighted by atomic mass is 32.1. The highest BCUT2D eigenvalue weighted by Gasteiger charge is 1.96. The lowest BCUT2D eigenvalue weighted by Gasteiger charge is -1.95. The minimum absolute atomic E-state index is 0.677. The van der Waals surface area contributed by atoms with Crippen molar-refractivity contribution < 1.29 is 4.74 Å². The van der Waals surface area contributed by atoms with E-state index in [1.807, 2.05) is 17.6 Å². The van der Waals surface area contributed by atoms with E-state index in [0.29, 0.717) is 5.88 Å². The second kappa shape index (κ2) is 2.51. The fourth-order valence-electron chi connectivity index (χ4n) is 0.959. The number of pyridine rings is 1. The summed E-state index contributed by atoms with van der Waals surface area (Å²) in [5.74, 6) is 0.677. The lowest BCUT2D eigenvalue weighted by atomic mass is 10.3. The van der Waals surface area contributed by atoms with Crippen molar-refractivity contribution in [3.05, 3.63) is 23.7 Å². The second-order valence-electron chi connectivity index (χ2n) is 2.19. The van der Waals surface area contributed by atoms with E-state index < -0.39 is 0 Å². The van der Waals surface area contributed by atoms with Crippen molar-refractivity contribution in [1.29, 1.82) is 0 Å².